The summed E-state index contributed by atoms with van der Waals surface area (Å²) >= 11 is 1.51. The number of rotatable bonds is 5. The molecule has 0 saturated carbocycles. The number of thioether (sulfide) groups is 1. The van der Waals surface area contributed by atoms with Gasteiger partial charge in [-0.2, -0.15) is 0 Å². The van der Waals surface area contributed by atoms with E-state index in [9.17, 15) is 9.59 Å². The van der Waals surface area contributed by atoms with Gasteiger partial charge in [0.1, 0.15) is 11.1 Å². The lowest BCUT2D eigenvalue weighted by Crippen LogP contribution is -2.34. The minimum Gasteiger partial charge on any atom is -0.493 e. The van der Waals surface area contributed by atoms with Crippen LogP contribution in [-0.4, -0.2) is 34.7 Å². The van der Waals surface area contributed by atoms with E-state index in [1.54, 1.807) is 28.5 Å². The summed E-state index contributed by atoms with van der Waals surface area (Å²) in [6, 6.07) is 15.0. The predicted octanol–water partition coefficient (Wildman–Crippen LogP) is 3.67. The van der Waals surface area contributed by atoms with Gasteiger partial charge in [0.25, 0.3) is 5.56 Å². The van der Waals surface area contributed by atoms with Gasteiger partial charge < -0.3 is 9.47 Å². The quantitative estimate of drug-likeness (QED) is 0.607. The number of methoxy groups -OCH3 is 2. The highest BCUT2D eigenvalue weighted by atomic mass is 32.2. The van der Waals surface area contributed by atoms with Crippen molar-refractivity contribution in [1.82, 2.24) is 9.36 Å². The Kier molecular flexibility index (Phi) is 5.58. The summed E-state index contributed by atoms with van der Waals surface area (Å²) in [6.07, 6.45) is 0. The summed E-state index contributed by atoms with van der Waals surface area (Å²) in [5.74, 6) is 1.11. The van der Waals surface area contributed by atoms with Crippen molar-refractivity contribution >= 4 is 23.4 Å². The van der Waals surface area contributed by atoms with Crippen LogP contribution in [-0.2, 0) is 11.8 Å². The van der Waals surface area contributed by atoms with E-state index in [2.05, 4.69) is 0 Å². The number of carbonyl (C=O) groups is 1. The number of hydrogen-bond acceptors (Lipinski definition) is 5. The summed E-state index contributed by atoms with van der Waals surface area (Å²) < 4.78 is 14.2. The van der Waals surface area contributed by atoms with Gasteiger partial charge in [-0.3, -0.25) is 19.2 Å². The lowest BCUT2D eigenvalue weighted by atomic mass is 10.1. The third-order valence-corrected chi connectivity index (χ3v) is 6.96. The second-order valence-electron chi connectivity index (χ2n) is 7.36. The number of nitrogens with zero attached hydrogens (tertiary/aromatic N) is 3. The van der Waals surface area contributed by atoms with Gasteiger partial charge in [-0.25, -0.2) is 4.68 Å². The zero-order valence-electron chi connectivity index (χ0n) is 18.2. The molecule has 2 atom stereocenters. The zero-order valence-corrected chi connectivity index (χ0v) is 19.0. The van der Waals surface area contributed by atoms with Gasteiger partial charge in [0.05, 0.1) is 30.9 Å². The average molecular weight is 440 g/mol. The van der Waals surface area contributed by atoms with Crippen LogP contribution in [0.5, 0.6) is 11.5 Å². The normalized spacial score (nSPS) is 18.5. The molecule has 1 aliphatic heterocycles. The van der Waals surface area contributed by atoms with E-state index >= 15 is 0 Å². The molecule has 1 aromatic heterocycles. The first kappa shape index (κ1) is 21.1. The minimum atomic E-state index is -0.347. The highest BCUT2D eigenvalue weighted by Crippen LogP contribution is 2.47. The fourth-order valence-electron chi connectivity index (χ4n) is 3.92. The molecule has 1 saturated heterocycles. The molecule has 8 heteroatoms. The lowest BCUT2D eigenvalue weighted by Gasteiger charge is -2.23. The summed E-state index contributed by atoms with van der Waals surface area (Å²) in [7, 11) is 4.99. The van der Waals surface area contributed by atoms with Crippen molar-refractivity contribution in [3.63, 3.8) is 0 Å². The molecule has 0 spiro atoms. The molecule has 0 bridgehead atoms. The molecule has 1 amide bonds. The van der Waals surface area contributed by atoms with E-state index in [-0.39, 0.29) is 22.1 Å². The van der Waals surface area contributed by atoms with Gasteiger partial charge in [-0.15, -0.1) is 11.8 Å². The van der Waals surface area contributed by atoms with Crippen LogP contribution >= 0.6 is 11.8 Å². The molecule has 3 aromatic rings. The van der Waals surface area contributed by atoms with E-state index in [1.807, 2.05) is 69.4 Å². The first-order valence-electron chi connectivity index (χ1n) is 9.93. The third kappa shape index (κ3) is 3.40. The maximum absolute atomic E-state index is 13.5. The van der Waals surface area contributed by atoms with Crippen molar-refractivity contribution in [2.45, 2.75) is 24.5 Å². The number of para-hydroxylation sites is 1. The zero-order chi connectivity index (χ0) is 22.3. The number of amides is 1. The third-order valence-electron chi connectivity index (χ3n) is 5.61. The van der Waals surface area contributed by atoms with Crippen LogP contribution in [0.15, 0.2) is 53.3 Å². The molecule has 0 unspecified atom stereocenters. The van der Waals surface area contributed by atoms with Crippen molar-refractivity contribution in [3.05, 3.63) is 70.1 Å². The Morgan fingerprint density at radius 3 is 2.29 bits per heavy atom. The number of hydrogen-bond donors (Lipinski definition) is 0. The largest absolute Gasteiger partial charge is 0.493 e. The van der Waals surface area contributed by atoms with Gasteiger partial charge >= 0.3 is 0 Å². The molecule has 7 nitrogen and oxygen atoms in total. The van der Waals surface area contributed by atoms with Crippen molar-refractivity contribution in [1.29, 1.82) is 0 Å². The van der Waals surface area contributed by atoms with Gasteiger partial charge in [-0.05, 0) is 43.7 Å². The minimum absolute atomic E-state index is 0.0872. The second kappa shape index (κ2) is 8.19. The Bertz CT molecular complexity index is 1190. The standard InChI is InChI=1S/C23H25N3O4S/c1-14-20(22(28)26(24(14)3)17-9-7-6-8-10-17)25-21(27)15(2)31-23(25)16-11-12-18(29-4)19(13-16)30-5/h6-13,15,23H,1-5H3/t15-,23-/m0/s1. The number of anilines is 1. The van der Waals surface area contributed by atoms with E-state index in [0.29, 0.717) is 17.2 Å². The molecule has 162 valence electrons. The van der Waals surface area contributed by atoms with Crippen molar-refractivity contribution in [2.75, 3.05) is 19.1 Å². The Balaban J connectivity index is 1.87. The van der Waals surface area contributed by atoms with Gasteiger partial charge in [-0.1, -0.05) is 24.3 Å². The van der Waals surface area contributed by atoms with Crippen LogP contribution in [0.4, 0.5) is 5.69 Å². The maximum Gasteiger partial charge on any atom is 0.295 e. The lowest BCUT2D eigenvalue weighted by molar-refractivity contribution is -0.117. The van der Waals surface area contributed by atoms with Gasteiger partial charge in [0.2, 0.25) is 5.91 Å². The number of benzene rings is 2. The molecule has 4 rings (SSSR count). The second-order valence-corrected chi connectivity index (χ2v) is 8.79. The summed E-state index contributed by atoms with van der Waals surface area (Å²) in [6.45, 7) is 3.73. The average Bonchev–Trinajstić information content (AvgIpc) is 3.19. The molecule has 2 aromatic carbocycles. The highest BCUT2D eigenvalue weighted by molar-refractivity contribution is 8.01. The van der Waals surface area contributed by atoms with Crippen molar-refractivity contribution in [3.8, 4) is 17.2 Å². The fraction of sp³-hybridized carbons (Fsp3) is 0.304. The van der Waals surface area contributed by atoms with Gasteiger partial charge in [0.15, 0.2) is 11.5 Å². The SMILES string of the molecule is COc1ccc([C@@H]2S[C@@H](C)C(=O)N2c2c(C)n(C)n(-c3ccccc3)c2=O)cc1OC. The smallest absolute Gasteiger partial charge is 0.295 e. The number of carbonyl (C=O) groups excluding carboxylic acids is 1. The van der Waals surface area contributed by atoms with E-state index < -0.39 is 0 Å². The van der Waals surface area contributed by atoms with Crippen LogP contribution in [0.1, 0.15) is 23.6 Å². The van der Waals surface area contributed by atoms with Crippen LogP contribution in [0, 0.1) is 6.92 Å². The first-order chi connectivity index (χ1) is 14.9. The molecular formula is C23H25N3O4S. The van der Waals surface area contributed by atoms with Crippen LogP contribution in [0.2, 0.25) is 0 Å². The van der Waals surface area contributed by atoms with E-state index in [4.69, 9.17) is 9.47 Å². The molecule has 1 fully saturated rings. The molecule has 2 heterocycles. The Morgan fingerprint density at radius 2 is 1.65 bits per heavy atom. The van der Waals surface area contributed by atoms with Crippen LogP contribution < -0.4 is 19.9 Å². The molecule has 31 heavy (non-hydrogen) atoms. The fourth-order valence-corrected chi connectivity index (χ4v) is 5.17. The molecular weight excluding hydrogens is 414 g/mol. The number of aromatic nitrogens is 2. The summed E-state index contributed by atoms with van der Waals surface area (Å²) in [5.41, 5.74) is 2.52. The highest BCUT2D eigenvalue weighted by Gasteiger charge is 2.42. The summed E-state index contributed by atoms with van der Waals surface area (Å²) in [4.78, 5) is 28.4. The maximum atomic E-state index is 13.5. The van der Waals surface area contributed by atoms with E-state index in [1.165, 1.54) is 11.8 Å². The first-order valence-corrected chi connectivity index (χ1v) is 10.9. The molecule has 1 aliphatic rings. The molecule has 0 radical (unpaired) electrons. The molecule has 0 N–H and O–H groups in total. The van der Waals surface area contributed by atoms with Crippen molar-refractivity contribution in [2.24, 2.45) is 7.05 Å². The number of ether oxygens (including phenoxy) is 2. The van der Waals surface area contributed by atoms with Crippen LogP contribution in [0.3, 0.4) is 0 Å². The van der Waals surface area contributed by atoms with Crippen LogP contribution in [0.25, 0.3) is 5.69 Å². The molecule has 0 aliphatic carbocycles. The van der Waals surface area contributed by atoms with E-state index in [0.717, 1.165) is 16.9 Å². The predicted molar refractivity (Wildman–Crippen MR) is 123 cm³/mol. The topological polar surface area (TPSA) is 65.7 Å². The Labute approximate surface area is 185 Å². The van der Waals surface area contributed by atoms with Crippen molar-refractivity contribution < 1.29 is 14.3 Å². The van der Waals surface area contributed by atoms with Gasteiger partial charge in [0, 0.05) is 7.05 Å². The Morgan fingerprint density at radius 1 is 0.968 bits per heavy atom. The monoisotopic (exact) mass is 439 g/mol. The Hall–Kier alpha value is -3.13. The summed E-state index contributed by atoms with van der Waals surface area (Å²) in [5, 5.41) is -0.623.